The highest BCUT2D eigenvalue weighted by atomic mass is 32.2. The maximum atomic E-state index is 13.5. The smallest absolute Gasteiger partial charge is 0.243 e. The van der Waals surface area contributed by atoms with Gasteiger partial charge in [0.1, 0.15) is 5.82 Å². The molecule has 2 amide bonds. The van der Waals surface area contributed by atoms with E-state index in [1.807, 2.05) is 30.3 Å². The molecule has 0 unspecified atom stereocenters. The topological polar surface area (TPSA) is 95.6 Å². The standard InChI is InChI=1S/C24H22FN3O4S/c1-28(15-16-5-3-2-4-6-16)33(31,32)19-10-8-18(9-11-19)26-24(30)21-14-23(29)27-22-13-17(25)7-12-20(21)22/h2-13,21H,14-15H2,1H3,(H,26,30)(H,27,29)/t21-/m1/s1. The van der Waals surface area contributed by atoms with Crippen LogP contribution in [0.3, 0.4) is 0 Å². The molecule has 1 aliphatic heterocycles. The second-order valence-electron chi connectivity index (χ2n) is 7.80. The fourth-order valence-electron chi connectivity index (χ4n) is 3.72. The summed E-state index contributed by atoms with van der Waals surface area (Å²) in [7, 11) is -2.22. The molecule has 0 saturated carbocycles. The predicted molar refractivity (Wildman–Crippen MR) is 123 cm³/mol. The van der Waals surface area contributed by atoms with E-state index < -0.39 is 27.7 Å². The Bertz CT molecular complexity index is 1300. The molecule has 9 heteroatoms. The van der Waals surface area contributed by atoms with Gasteiger partial charge in [-0.25, -0.2) is 12.8 Å². The lowest BCUT2D eigenvalue weighted by Gasteiger charge is -2.25. The van der Waals surface area contributed by atoms with E-state index in [0.717, 1.165) is 5.56 Å². The van der Waals surface area contributed by atoms with Crippen LogP contribution in [0, 0.1) is 5.82 Å². The van der Waals surface area contributed by atoms with Crippen LogP contribution >= 0.6 is 0 Å². The zero-order chi connectivity index (χ0) is 23.6. The zero-order valence-electron chi connectivity index (χ0n) is 17.8. The third kappa shape index (κ3) is 4.94. The first-order valence-electron chi connectivity index (χ1n) is 10.2. The molecule has 1 heterocycles. The van der Waals surface area contributed by atoms with Crippen LogP contribution in [0.15, 0.2) is 77.7 Å². The summed E-state index contributed by atoms with van der Waals surface area (Å²) >= 11 is 0. The number of nitrogens with zero attached hydrogens (tertiary/aromatic N) is 1. The van der Waals surface area contributed by atoms with Gasteiger partial charge in [0.05, 0.1) is 10.8 Å². The first kappa shape index (κ1) is 22.6. The first-order valence-corrected chi connectivity index (χ1v) is 11.7. The summed E-state index contributed by atoms with van der Waals surface area (Å²) in [6.07, 6.45) is -0.0682. The number of rotatable bonds is 6. The molecule has 170 valence electrons. The molecule has 0 aliphatic carbocycles. The van der Waals surface area contributed by atoms with Crippen LogP contribution in [0.4, 0.5) is 15.8 Å². The van der Waals surface area contributed by atoms with E-state index in [1.54, 1.807) is 0 Å². The van der Waals surface area contributed by atoms with Crippen LogP contribution in [0.5, 0.6) is 0 Å². The van der Waals surface area contributed by atoms with Gasteiger partial charge in [-0.05, 0) is 47.5 Å². The number of nitrogens with one attached hydrogen (secondary N) is 2. The molecule has 1 atom stereocenters. The minimum atomic E-state index is -3.72. The van der Waals surface area contributed by atoms with Gasteiger partial charge in [0.25, 0.3) is 0 Å². The lowest BCUT2D eigenvalue weighted by atomic mass is 9.89. The highest BCUT2D eigenvalue weighted by Gasteiger charge is 2.31. The molecule has 0 fully saturated rings. The molecule has 33 heavy (non-hydrogen) atoms. The number of sulfonamides is 1. The van der Waals surface area contributed by atoms with Crippen molar-refractivity contribution in [3.05, 3.63) is 89.7 Å². The van der Waals surface area contributed by atoms with E-state index >= 15 is 0 Å². The van der Waals surface area contributed by atoms with E-state index in [1.165, 1.54) is 53.8 Å². The summed E-state index contributed by atoms with van der Waals surface area (Å²) in [4.78, 5) is 24.9. The van der Waals surface area contributed by atoms with Gasteiger partial charge < -0.3 is 10.6 Å². The van der Waals surface area contributed by atoms with E-state index in [9.17, 15) is 22.4 Å². The number of fused-ring (bicyclic) bond motifs is 1. The Morgan fingerprint density at radius 3 is 2.48 bits per heavy atom. The Labute approximate surface area is 191 Å². The van der Waals surface area contributed by atoms with Gasteiger partial charge in [-0.1, -0.05) is 36.4 Å². The van der Waals surface area contributed by atoms with E-state index in [0.29, 0.717) is 11.3 Å². The lowest BCUT2D eigenvalue weighted by Crippen LogP contribution is -2.31. The Morgan fingerprint density at radius 2 is 1.79 bits per heavy atom. The van der Waals surface area contributed by atoms with E-state index in [2.05, 4.69) is 10.6 Å². The van der Waals surface area contributed by atoms with Crippen LogP contribution in [-0.4, -0.2) is 31.6 Å². The number of amides is 2. The molecule has 0 radical (unpaired) electrons. The first-order chi connectivity index (χ1) is 15.7. The monoisotopic (exact) mass is 467 g/mol. The Morgan fingerprint density at radius 1 is 1.09 bits per heavy atom. The molecule has 7 nitrogen and oxygen atoms in total. The molecule has 0 saturated heterocycles. The summed E-state index contributed by atoms with van der Waals surface area (Å²) < 4.78 is 40.5. The Hall–Kier alpha value is -3.56. The normalized spacial score (nSPS) is 15.6. The molecule has 0 bridgehead atoms. The van der Waals surface area contributed by atoms with Gasteiger partial charge in [0.2, 0.25) is 21.8 Å². The Balaban J connectivity index is 1.48. The van der Waals surface area contributed by atoms with Crippen molar-refractivity contribution in [2.75, 3.05) is 17.7 Å². The predicted octanol–water partition coefficient (Wildman–Crippen LogP) is 3.71. The average molecular weight is 468 g/mol. The van der Waals surface area contributed by atoms with E-state index in [-0.39, 0.29) is 29.5 Å². The van der Waals surface area contributed by atoms with Gasteiger partial charge in [0.15, 0.2) is 0 Å². The van der Waals surface area contributed by atoms with Crippen LogP contribution < -0.4 is 10.6 Å². The quantitative estimate of drug-likeness (QED) is 0.578. The van der Waals surface area contributed by atoms with Gasteiger partial charge in [-0.3, -0.25) is 9.59 Å². The number of anilines is 2. The van der Waals surface area contributed by atoms with Crippen LogP contribution in [0.2, 0.25) is 0 Å². The third-order valence-electron chi connectivity index (χ3n) is 5.45. The highest BCUT2D eigenvalue weighted by molar-refractivity contribution is 7.89. The number of hydrogen-bond donors (Lipinski definition) is 2. The molecule has 4 rings (SSSR count). The van der Waals surface area contributed by atoms with Crippen LogP contribution in [-0.2, 0) is 26.2 Å². The number of hydrogen-bond acceptors (Lipinski definition) is 4. The molecule has 0 aromatic heterocycles. The molecular formula is C24H22FN3O4S. The van der Waals surface area contributed by atoms with Crippen molar-refractivity contribution in [3.63, 3.8) is 0 Å². The van der Waals surface area contributed by atoms with Crippen LogP contribution in [0.1, 0.15) is 23.5 Å². The fourth-order valence-corrected chi connectivity index (χ4v) is 4.88. The van der Waals surface area contributed by atoms with Crippen molar-refractivity contribution in [3.8, 4) is 0 Å². The van der Waals surface area contributed by atoms with Gasteiger partial charge in [-0.2, -0.15) is 4.31 Å². The zero-order valence-corrected chi connectivity index (χ0v) is 18.6. The summed E-state index contributed by atoms with van der Waals surface area (Å²) in [5.74, 6) is -2.11. The van der Waals surface area contributed by atoms with Crippen molar-refractivity contribution in [2.45, 2.75) is 23.8 Å². The number of benzene rings is 3. The molecule has 3 aromatic rings. The maximum absolute atomic E-state index is 13.5. The van der Waals surface area contributed by atoms with Gasteiger partial charge >= 0.3 is 0 Å². The minimum Gasteiger partial charge on any atom is -0.326 e. The van der Waals surface area contributed by atoms with E-state index in [4.69, 9.17) is 0 Å². The molecule has 2 N–H and O–H groups in total. The van der Waals surface area contributed by atoms with Gasteiger partial charge in [0, 0.05) is 31.4 Å². The Kier molecular flexibility index (Phi) is 6.26. The van der Waals surface area contributed by atoms with Crippen molar-refractivity contribution >= 4 is 33.2 Å². The summed E-state index contributed by atoms with van der Waals surface area (Å²) in [5.41, 5.74) is 2.05. The second kappa shape index (κ2) is 9.13. The average Bonchev–Trinajstić information content (AvgIpc) is 2.79. The number of halogens is 1. The summed E-state index contributed by atoms with van der Waals surface area (Å²) in [5, 5.41) is 5.29. The van der Waals surface area contributed by atoms with Gasteiger partial charge in [-0.15, -0.1) is 0 Å². The fraction of sp³-hybridized carbons (Fsp3) is 0.167. The van der Waals surface area contributed by atoms with Crippen LogP contribution in [0.25, 0.3) is 0 Å². The summed E-state index contributed by atoms with van der Waals surface area (Å²) in [6, 6.07) is 19.0. The maximum Gasteiger partial charge on any atom is 0.243 e. The molecule has 0 spiro atoms. The summed E-state index contributed by atoms with van der Waals surface area (Å²) in [6.45, 7) is 0.228. The van der Waals surface area contributed by atoms with Crippen molar-refractivity contribution in [2.24, 2.45) is 0 Å². The van der Waals surface area contributed by atoms with Crippen molar-refractivity contribution < 1.29 is 22.4 Å². The SMILES string of the molecule is CN(Cc1ccccc1)S(=O)(=O)c1ccc(NC(=O)[C@@H]2CC(=O)Nc3cc(F)ccc32)cc1. The minimum absolute atomic E-state index is 0.0682. The highest BCUT2D eigenvalue weighted by Crippen LogP contribution is 2.33. The third-order valence-corrected chi connectivity index (χ3v) is 7.27. The molecule has 1 aliphatic rings. The largest absolute Gasteiger partial charge is 0.326 e. The number of carbonyl (C=O) groups is 2. The molecular weight excluding hydrogens is 445 g/mol. The van der Waals surface area contributed by atoms with Crippen molar-refractivity contribution in [1.29, 1.82) is 0 Å². The second-order valence-corrected chi connectivity index (χ2v) is 9.84. The number of carbonyl (C=O) groups excluding carboxylic acids is 2. The van der Waals surface area contributed by atoms with Crippen molar-refractivity contribution in [1.82, 2.24) is 4.31 Å². The molecule has 3 aromatic carbocycles. The lowest BCUT2D eigenvalue weighted by molar-refractivity contribution is -0.123.